The van der Waals surface area contributed by atoms with E-state index < -0.39 is 41.5 Å². The van der Waals surface area contributed by atoms with Crippen LogP contribution in [0.3, 0.4) is 0 Å². The van der Waals surface area contributed by atoms with Gasteiger partial charge in [-0.05, 0) is 46.3 Å². The van der Waals surface area contributed by atoms with Crippen molar-refractivity contribution in [2.75, 3.05) is 16.4 Å². The van der Waals surface area contributed by atoms with Gasteiger partial charge in [-0.3, -0.25) is 4.79 Å². The number of carbonyl (C=O) groups excluding carboxylic acids is 1. The van der Waals surface area contributed by atoms with Crippen LogP contribution in [0.25, 0.3) is 0 Å². The Morgan fingerprint density at radius 1 is 1.03 bits per heavy atom. The second-order valence-electron chi connectivity index (χ2n) is 6.00. The molecule has 0 aliphatic rings. The highest BCUT2D eigenvalue weighted by Gasteiger charge is 2.89. The molecule has 0 aromatic heterocycles. The van der Waals surface area contributed by atoms with Crippen molar-refractivity contribution in [1.82, 2.24) is 0 Å². The van der Waals surface area contributed by atoms with Crippen molar-refractivity contribution in [1.29, 1.82) is 0 Å². The van der Waals surface area contributed by atoms with Crippen molar-refractivity contribution in [3.05, 3.63) is 54.1 Å². The molecule has 0 saturated heterocycles. The average Bonchev–Trinajstić information content (AvgIpc) is 2.60. The Balaban J connectivity index is 2.65. The number of alkyl halides is 5. The van der Waals surface area contributed by atoms with Crippen LogP contribution in [-0.2, 0) is 0 Å². The molecule has 0 aliphatic carbocycles. The Labute approximate surface area is 177 Å². The van der Waals surface area contributed by atoms with E-state index in [1.807, 2.05) is 0 Å². The minimum atomic E-state index is -10.7. The van der Waals surface area contributed by atoms with E-state index in [0.717, 1.165) is 12.1 Å². The molecule has 3 nitrogen and oxygen atoms in total. The van der Waals surface area contributed by atoms with Crippen molar-refractivity contribution >= 4 is 59.0 Å². The highest BCUT2D eigenvalue weighted by Crippen LogP contribution is 3.08. The summed E-state index contributed by atoms with van der Waals surface area (Å²) in [5.74, 6) is -1.16. The van der Waals surface area contributed by atoms with Gasteiger partial charge in [0.25, 0.3) is 10.5 Å². The van der Waals surface area contributed by atoms with E-state index in [9.17, 15) is 33.5 Å². The van der Waals surface area contributed by atoms with Gasteiger partial charge >= 0.3 is 5.25 Å². The third-order valence-corrected chi connectivity index (χ3v) is 9.00. The smallest absolute Gasteiger partial charge is 0.399 e. The summed E-state index contributed by atoms with van der Waals surface area (Å²) >= 11 is 3.82. The second-order valence-corrected chi connectivity index (χ2v) is 10.9. The van der Waals surface area contributed by atoms with E-state index in [4.69, 9.17) is 5.73 Å². The second kappa shape index (κ2) is 6.77. The summed E-state index contributed by atoms with van der Waals surface area (Å²) in [5.41, 5.74) is 4.10. The number of hydrogen-bond donors (Lipinski definition) is 2. The molecule has 2 rings (SSSR count). The lowest BCUT2D eigenvalue weighted by Gasteiger charge is -2.56. The summed E-state index contributed by atoms with van der Waals surface area (Å²) in [6.07, 6.45) is 0. The first-order valence-corrected chi connectivity index (χ1v) is 11.5. The lowest BCUT2D eigenvalue weighted by molar-refractivity contribution is -0.0252. The van der Waals surface area contributed by atoms with Gasteiger partial charge in [-0.1, -0.05) is 34.1 Å². The number of rotatable bonds is 6. The number of anilines is 2. The van der Waals surface area contributed by atoms with Crippen molar-refractivity contribution in [3.8, 4) is 0 Å². The molecule has 0 aliphatic heterocycles. The van der Waals surface area contributed by atoms with E-state index in [0.29, 0.717) is 12.1 Å². The molecule has 29 heavy (non-hydrogen) atoms. The van der Waals surface area contributed by atoms with Crippen LogP contribution in [-0.4, -0.2) is 21.1 Å². The number of benzene rings is 2. The van der Waals surface area contributed by atoms with Gasteiger partial charge in [0.05, 0.1) is 11.0 Å². The number of nitrogens with two attached hydrogens (primary N) is 1. The Hall–Kier alpha value is -1.47. The van der Waals surface area contributed by atoms with Gasteiger partial charge in [-0.2, -0.15) is 8.78 Å². The topological polar surface area (TPSA) is 55.1 Å². The van der Waals surface area contributed by atoms with Crippen molar-refractivity contribution in [2.45, 2.75) is 14.7 Å². The molecule has 0 fully saturated rings. The number of amides is 1. The highest BCUT2D eigenvalue weighted by atomic mass is 79.9. The van der Waals surface area contributed by atoms with Crippen molar-refractivity contribution in [3.63, 3.8) is 0 Å². The molecule has 13 heteroatoms. The number of nitrogen functional groups attached to an aromatic ring is 1. The first-order chi connectivity index (χ1) is 13.0. The standard InChI is InChI=1S/C16H13Br2F7N2OS/c17-9-15(18,19)16(20,21)29(22,23,24,25)13-7-2-1-6-12(13)27-14(28)10-4-3-5-11(26)8-10/h1-8H,9,26H2,(H,27,28). The van der Waals surface area contributed by atoms with Gasteiger partial charge in [0, 0.05) is 11.3 Å². The van der Waals surface area contributed by atoms with E-state index in [2.05, 4.69) is 15.9 Å². The molecule has 2 aromatic rings. The molecule has 3 N–H and O–H groups in total. The van der Waals surface area contributed by atoms with E-state index >= 15 is 0 Å². The molecule has 1 unspecified atom stereocenters. The molecule has 0 saturated carbocycles. The zero-order valence-corrected chi connectivity index (χ0v) is 18.1. The van der Waals surface area contributed by atoms with E-state index in [1.165, 1.54) is 18.2 Å². The molecule has 2 aromatic carbocycles. The fourth-order valence-corrected chi connectivity index (χ4v) is 5.70. The van der Waals surface area contributed by atoms with Crippen LogP contribution < -0.4 is 11.1 Å². The zero-order valence-electron chi connectivity index (χ0n) is 14.1. The molecule has 1 atom stereocenters. The summed E-state index contributed by atoms with van der Waals surface area (Å²) in [7, 11) is -10.7. The largest absolute Gasteiger partial charge is 0.401 e. The molecule has 0 spiro atoms. The summed E-state index contributed by atoms with van der Waals surface area (Å²) in [6, 6.07) is 7.25. The third-order valence-electron chi connectivity index (χ3n) is 3.84. The maximum atomic E-state index is 14.7. The molecular formula is C16H13Br2F7N2OS. The molecule has 0 heterocycles. The quantitative estimate of drug-likeness (QED) is 0.216. The summed E-state index contributed by atoms with van der Waals surface area (Å²) in [4.78, 5) is 9.76. The molecular weight excluding hydrogens is 561 g/mol. The van der Waals surface area contributed by atoms with Crippen LogP contribution in [0.15, 0.2) is 53.4 Å². The van der Waals surface area contributed by atoms with Crippen molar-refractivity contribution in [2.24, 2.45) is 0 Å². The number of para-hydroxylation sites is 1. The van der Waals surface area contributed by atoms with Gasteiger partial charge in [0.2, 0.25) is 9.84 Å². The van der Waals surface area contributed by atoms with Crippen LogP contribution in [0.4, 0.5) is 40.1 Å². The van der Waals surface area contributed by atoms with Crippen LogP contribution in [0.1, 0.15) is 10.4 Å². The third kappa shape index (κ3) is 3.83. The van der Waals surface area contributed by atoms with Gasteiger partial charge < -0.3 is 11.1 Å². The van der Waals surface area contributed by atoms with Crippen LogP contribution in [0.5, 0.6) is 0 Å². The normalized spacial score (nSPS) is 17.0. The fraction of sp³-hybridized carbons (Fsp3) is 0.188. The monoisotopic (exact) mass is 572 g/mol. The lowest BCUT2D eigenvalue weighted by Crippen LogP contribution is -2.51. The molecule has 0 radical (unpaired) electrons. The first-order valence-electron chi connectivity index (χ1n) is 7.54. The molecule has 1 amide bonds. The fourth-order valence-electron chi connectivity index (χ4n) is 2.32. The van der Waals surface area contributed by atoms with Crippen molar-refractivity contribution < 1.29 is 33.5 Å². The Morgan fingerprint density at radius 3 is 2.17 bits per heavy atom. The molecule has 162 valence electrons. The molecule has 0 bridgehead atoms. The number of nitrogens with one attached hydrogen (secondary N) is 1. The van der Waals surface area contributed by atoms with Gasteiger partial charge in [-0.15, -0.1) is 15.5 Å². The maximum Gasteiger partial charge on any atom is 0.401 e. The number of carbonyl (C=O) groups is 1. The average molecular weight is 574 g/mol. The highest BCUT2D eigenvalue weighted by molar-refractivity contribution is 9.12. The summed E-state index contributed by atoms with van der Waals surface area (Å²) < 4.78 is 97.1. The predicted molar refractivity (Wildman–Crippen MR) is 107 cm³/mol. The van der Waals surface area contributed by atoms with E-state index in [1.54, 1.807) is 21.2 Å². The Bertz CT molecular complexity index is 966. The minimum absolute atomic E-state index is 0.0156. The summed E-state index contributed by atoms with van der Waals surface area (Å²) in [6.45, 7) is 0. The first kappa shape index (κ1) is 23.8. The minimum Gasteiger partial charge on any atom is -0.399 e. The van der Waals surface area contributed by atoms with Crippen LogP contribution >= 0.6 is 41.7 Å². The summed E-state index contributed by atoms with van der Waals surface area (Å²) in [5, 5.41) is -6.28. The zero-order chi connectivity index (χ0) is 22.4. The van der Waals surface area contributed by atoms with Gasteiger partial charge in [-0.25, -0.2) is 4.39 Å². The van der Waals surface area contributed by atoms with Crippen LogP contribution in [0, 0.1) is 0 Å². The number of hydrogen-bond acceptors (Lipinski definition) is 2. The number of halogens is 9. The Kier molecular flexibility index (Phi) is 5.56. The van der Waals surface area contributed by atoms with Crippen LogP contribution in [0.2, 0.25) is 0 Å². The van der Waals surface area contributed by atoms with Gasteiger partial charge in [0.1, 0.15) is 4.90 Å². The SMILES string of the molecule is Nc1cccc(C(=O)Nc2ccccc2S(F)(F)(F)(F)C(F)(F)C(F)(Br)CBr)c1. The van der Waals surface area contributed by atoms with Gasteiger partial charge in [0.15, 0.2) is 0 Å². The Morgan fingerprint density at radius 2 is 1.62 bits per heavy atom. The lowest BCUT2D eigenvalue weighted by atomic mass is 10.2. The van der Waals surface area contributed by atoms with E-state index in [-0.39, 0.29) is 17.3 Å². The maximum absolute atomic E-state index is 14.7. The predicted octanol–water partition coefficient (Wildman–Crippen LogP) is 7.34.